The number of hydrogen-bond donors (Lipinski definition) is 3. The molecule has 0 saturated heterocycles. The van der Waals surface area contributed by atoms with Crippen molar-refractivity contribution in [1.29, 1.82) is 0 Å². The van der Waals surface area contributed by atoms with Crippen molar-refractivity contribution in [3.05, 3.63) is 21.9 Å². The van der Waals surface area contributed by atoms with Gasteiger partial charge in [-0.15, -0.1) is 0 Å². The van der Waals surface area contributed by atoms with E-state index in [2.05, 4.69) is 15.9 Å². The molecule has 1 aromatic carbocycles. The molecule has 0 atom stereocenters. The first-order valence-electron chi connectivity index (χ1n) is 5.15. The number of benzene rings is 1. The molecule has 0 bridgehead atoms. The fourth-order valence-corrected chi connectivity index (χ4v) is 2.73. The summed E-state index contributed by atoms with van der Waals surface area (Å²) in [5, 5.41) is 19.2. The first-order valence-corrected chi connectivity index (χ1v) is 5.94. The van der Waals surface area contributed by atoms with Crippen LogP contribution >= 0.6 is 15.9 Å². The molecular formula is C11H13BrFNO2. The van der Waals surface area contributed by atoms with Crippen LogP contribution in [0.4, 0.5) is 4.39 Å². The SMILES string of the molecule is NC1(c2c(O)c(O)cc(Br)c2F)CCCC1. The smallest absolute Gasteiger partial charge is 0.165 e. The molecule has 1 aliphatic rings. The lowest BCUT2D eigenvalue weighted by Crippen LogP contribution is -2.34. The van der Waals surface area contributed by atoms with Gasteiger partial charge in [0.05, 0.1) is 10.0 Å². The second-order valence-electron chi connectivity index (χ2n) is 4.28. The van der Waals surface area contributed by atoms with E-state index in [1.807, 2.05) is 0 Å². The summed E-state index contributed by atoms with van der Waals surface area (Å²) >= 11 is 3.00. The minimum Gasteiger partial charge on any atom is -0.504 e. The summed E-state index contributed by atoms with van der Waals surface area (Å²) in [4.78, 5) is 0. The van der Waals surface area contributed by atoms with Crippen LogP contribution in [-0.2, 0) is 5.54 Å². The molecule has 3 nitrogen and oxygen atoms in total. The fraction of sp³-hybridized carbons (Fsp3) is 0.455. The largest absolute Gasteiger partial charge is 0.504 e. The third-order valence-corrected chi connectivity index (χ3v) is 3.74. The van der Waals surface area contributed by atoms with E-state index >= 15 is 0 Å². The molecule has 0 radical (unpaired) electrons. The lowest BCUT2D eigenvalue weighted by atomic mass is 9.88. The molecule has 0 unspecified atom stereocenters. The molecule has 1 aromatic rings. The van der Waals surface area contributed by atoms with E-state index in [1.165, 1.54) is 0 Å². The van der Waals surface area contributed by atoms with Crippen LogP contribution in [0.25, 0.3) is 0 Å². The van der Waals surface area contributed by atoms with E-state index in [4.69, 9.17) is 5.73 Å². The van der Waals surface area contributed by atoms with E-state index in [-0.39, 0.29) is 15.8 Å². The van der Waals surface area contributed by atoms with E-state index in [9.17, 15) is 14.6 Å². The number of nitrogens with two attached hydrogens (primary N) is 1. The standard InChI is InChI=1S/C11H13BrFNO2/c12-6-5-7(15)10(16)8(9(6)13)11(14)3-1-2-4-11/h5,15-16H,1-4,14H2. The van der Waals surface area contributed by atoms with Crippen LogP contribution in [0.15, 0.2) is 10.5 Å². The highest BCUT2D eigenvalue weighted by molar-refractivity contribution is 9.10. The highest BCUT2D eigenvalue weighted by Gasteiger charge is 2.37. The van der Waals surface area contributed by atoms with E-state index in [1.54, 1.807) is 0 Å². The summed E-state index contributed by atoms with van der Waals surface area (Å²) < 4.78 is 14.1. The van der Waals surface area contributed by atoms with E-state index < -0.39 is 17.1 Å². The van der Waals surface area contributed by atoms with Gasteiger partial charge in [-0.3, -0.25) is 0 Å². The van der Waals surface area contributed by atoms with Gasteiger partial charge in [-0.2, -0.15) is 0 Å². The Morgan fingerprint density at radius 3 is 2.44 bits per heavy atom. The fourth-order valence-electron chi connectivity index (χ4n) is 2.31. The molecule has 0 amide bonds. The number of halogens is 2. The maximum atomic E-state index is 13.9. The van der Waals surface area contributed by atoms with Gasteiger partial charge in [-0.1, -0.05) is 12.8 Å². The Morgan fingerprint density at radius 1 is 1.31 bits per heavy atom. The summed E-state index contributed by atoms with van der Waals surface area (Å²) in [7, 11) is 0. The van der Waals surface area contributed by atoms with Crippen molar-refractivity contribution in [3.63, 3.8) is 0 Å². The monoisotopic (exact) mass is 289 g/mol. The molecule has 4 N–H and O–H groups in total. The first-order chi connectivity index (χ1) is 7.46. The van der Waals surface area contributed by atoms with Gasteiger partial charge in [-0.05, 0) is 28.8 Å². The molecule has 1 aliphatic carbocycles. The predicted molar refractivity (Wildman–Crippen MR) is 61.8 cm³/mol. The molecule has 0 aliphatic heterocycles. The van der Waals surface area contributed by atoms with Crippen LogP contribution in [0.1, 0.15) is 31.2 Å². The normalized spacial score (nSPS) is 18.9. The average Bonchev–Trinajstić information content (AvgIpc) is 2.63. The number of rotatable bonds is 1. The zero-order chi connectivity index (χ0) is 11.9. The average molecular weight is 290 g/mol. The predicted octanol–water partition coefficient (Wildman–Crippen LogP) is 2.73. The van der Waals surface area contributed by atoms with Crippen molar-refractivity contribution in [2.75, 3.05) is 0 Å². The van der Waals surface area contributed by atoms with Gasteiger partial charge < -0.3 is 15.9 Å². The molecule has 2 rings (SSSR count). The van der Waals surface area contributed by atoms with Gasteiger partial charge in [0.25, 0.3) is 0 Å². The maximum Gasteiger partial charge on any atom is 0.165 e. The van der Waals surface area contributed by atoms with Crippen molar-refractivity contribution in [1.82, 2.24) is 0 Å². The molecule has 1 saturated carbocycles. The van der Waals surface area contributed by atoms with Gasteiger partial charge in [0.15, 0.2) is 11.5 Å². The van der Waals surface area contributed by atoms with Gasteiger partial charge in [-0.25, -0.2) is 4.39 Å². The molecule has 16 heavy (non-hydrogen) atoms. The molecule has 1 fully saturated rings. The molecule has 88 valence electrons. The number of aromatic hydroxyl groups is 2. The number of hydrogen-bond acceptors (Lipinski definition) is 3. The quantitative estimate of drug-likeness (QED) is 0.697. The summed E-state index contributed by atoms with van der Waals surface area (Å²) in [6.07, 6.45) is 3.05. The minimum absolute atomic E-state index is 0.0249. The van der Waals surface area contributed by atoms with Crippen LogP contribution in [0.2, 0.25) is 0 Å². The molecule has 0 heterocycles. The van der Waals surface area contributed by atoms with Crippen molar-refractivity contribution in [3.8, 4) is 11.5 Å². The number of phenolic OH excluding ortho intramolecular Hbond substituents is 2. The zero-order valence-corrected chi connectivity index (χ0v) is 10.2. The Morgan fingerprint density at radius 2 is 1.88 bits per heavy atom. The maximum absolute atomic E-state index is 13.9. The van der Waals surface area contributed by atoms with E-state index in [0.717, 1.165) is 18.9 Å². The molecular weight excluding hydrogens is 277 g/mol. The van der Waals surface area contributed by atoms with Crippen LogP contribution < -0.4 is 5.73 Å². The van der Waals surface area contributed by atoms with Crippen molar-refractivity contribution in [2.45, 2.75) is 31.2 Å². The highest BCUT2D eigenvalue weighted by Crippen LogP contribution is 2.46. The van der Waals surface area contributed by atoms with Gasteiger partial charge in [0, 0.05) is 11.6 Å². The molecule has 5 heteroatoms. The Labute approximate surface area is 101 Å². The Bertz CT molecular complexity index is 404. The number of phenols is 2. The minimum atomic E-state index is -0.866. The molecule has 0 spiro atoms. The second-order valence-corrected chi connectivity index (χ2v) is 5.13. The Kier molecular flexibility index (Phi) is 2.84. The van der Waals surface area contributed by atoms with Crippen LogP contribution in [-0.4, -0.2) is 10.2 Å². The Hall–Kier alpha value is -0.810. The topological polar surface area (TPSA) is 66.5 Å². The summed E-state index contributed by atoms with van der Waals surface area (Å²) in [5.74, 6) is -1.37. The third kappa shape index (κ3) is 1.68. The molecule has 0 aromatic heterocycles. The Balaban J connectivity index is 2.63. The van der Waals surface area contributed by atoms with Crippen molar-refractivity contribution >= 4 is 15.9 Å². The van der Waals surface area contributed by atoms with Crippen molar-refractivity contribution < 1.29 is 14.6 Å². The van der Waals surface area contributed by atoms with Gasteiger partial charge in [0.2, 0.25) is 0 Å². The van der Waals surface area contributed by atoms with Crippen LogP contribution in [0.3, 0.4) is 0 Å². The van der Waals surface area contributed by atoms with Crippen molar-refractivity contribution in [2.24, 2.45) is 5.73 Å². The zero-order valence-electron chi connectivity index (χ0n) is 8.63. The van der Waals surface area contributed by atoms with E-state index in [0.29, 0.717) is 12.8 Å². The summed E-state index contributed by atoms with van der Waals surface area (Å²) in [5.41, 5.74) is 5.25. The lowest BCUT2D eigenvalue weighted by molar-refractivity contribution is 0.358. The summed E-state index contributed by atoms with van der Waals surface area (Å²) in [6, 6.07) is 1.13. The summed E-state index contributed by atoms with van der Waals surface area (Å²) in [6.45, 7) is 0. The van der Waals surface area contributed by atoms with Crippen LogP contribution in [0, 0.1) is 5.82 Å². The highest BCUT2D eigenvalue weighted by atomic mass is 79.9. The van der Waals surface area contributed by atoms with Crippen LogP contribution in [0.5, 0.6) is 11.5 Å². The second kappa shape index (κ2) is 3.89. The van der Waals surface area contributed by atoms with Gasteiger partial charge >= 0.3 is 0 Å². The third-order valence-electron chi connectivity index (χ3n) is 3.17. The first kappa shape index (κ1) is 11.7. The van der Waals surface area contributed by atoms with Gasteiger partial charge in [0.1, 0.15) is 5.82 Å². The lowest BCUT2D eigenvalue weighted by Gasteiger charge is -2.26.